The number of carboxylic acid groups (broad SMARTS) is 2. The van der Waals surface area contributed by atoms with Gasteiger partial charge >= 0.3 is 11.9 Å². The molecule has 0 amide bonds. The van der Waals surface area contributed by atoms with Crippen molar-refractivity contribution in [1.29, 1.82) is 0 Å². The van der Waals surface area contributed by atoms with Crippen molar-refractivity contribution in [3.63, 3.8) is 0 Å². The fourth-order valence-corrected chi connectivity index (χ4v) is 2.86. The zero-order chi connectivity index (χ0) is 16.4. The number of carboxylic acids is 2. The summed E-state index contributed by atoms with van der Waals surface area (Å²) in [5.41, 5.74) is 2.08. The number of carbonyl (C=O) groups is 2. The Kier molecular flexibility index (Phi) is 4.52. The van der Waals surface area contributed by atoms with Crippen molar-refractivity contribution in [1.82, 2.24) is 0 Å². The maximum atomic E-state index is 11.7. The maximum Gasteiger partial charge on any atom is 0.336 e. The molecular formula is C17H15ClO4. The van der Waals surface area contributed by atoms with Gasteiger partial charge in [-0.2, -0.15) is 0 Å². The van der Waals surface area contributed by atoms with E-state index in [1.165, 1.54) is 0 Å². The van der Waals surface area contributed by atoms with Gasteiger partial charge in [0.25, 0.3) is 0 Å². The first kappa shape index (κ1) is 16.0. The smallest absolute Gasteiger partial charge is 0.336 e. The summed E-state index contributed by atoms with van der Waals surface area (Å²) in [5.74, 6) is -2.26. The van der Waals surface area contributed by atoms with Crippen molar-refractivity contribution < 1.29 is 19.8 Å². The summed E-state index contributed by atoms with van der Waals surface area (Å²) in [5, 5.41) is 19.4. The van der Waals surface area contributed by atoms with Crippen LogP contribution in [0.3, 0.4) is 0 Å². The molecule has 0 aromatic heterocycles. The SMILES string of the molecule is CCc1c(C(=O)O)c(C)cc(-c2cccc(Cl)c2)c1C(=O)O. The Morgan fingerprint density at radius 3 is 2.23 bits per heavy atom. The summed E-state index contributed by atoms with van der Waals surface area (Å²) in [6.07, 6.45) is 0.318. The maximum absolute atomic E-state index is 11.7. The molecule has 4 nitrogen and oxygen atoms in total. The third kappa shape index (κ3) is 2.83. The van der Waals surface area contributed by atoms with Crippen LogP contribution in [-0.4, -0.2) is 22.2 Å². The summed E-state index contributed by atoms with van der Waals surface area (Å²) in [7, 11) is 0. The van der Waals surface area contributed by atoms with Crippen molar-refractivity contribution in [3.8, 4) is 11.1 Å². The third-order valence-electron chi connectivity index (χ3n) is 3.54. The van der Waals surface area contributed by atoms with Gasteiger partial charge in [0.15, 0.2) is 0 Å². The minimum Gasteiger partial charge on any atom is -0.478 e. The molecule has 0 saturated heterocycles. The van der Waals surface area contributed by atoms with Gasteiger partial charge in [-0.05, 0) is 53.8 Å². The van der Waals surface area contributed by atoms with E-state index in [9.17, 15) is 19.8 Å². The molecule has 0 spiro atoms. The molecule has 0 aliphatic carbocycles. The summed E-state index contributed by atoms with van der Waals surface area (Å²) in [4.78, 5) is 23.2. The van der Waals surface area contributed by atoms with Crippen LogP contribution in [0.15, 0.2) is 30.3 Å². The molecule has 0 saturated carbocycles. The van der Waals surface area contributed by atoms with Crippen LogP contribution in [0.2, 0.25) is 5.02 Å². The molecule has 114 valence electrons. The highest BCUT2D eigenvalue weighted by molar-refractivity contribution is 6.30. The highest BCUT2D eigenvalue weighted by Gasteiger charge is 2.24. The Hall–Kier alpha value is -2.33. The van der Waals surface area contributed by atoms with Gasteiger partial charge in [-0.15, -0.1) is 0 Å². The van der Waals surface area contributed by atoms with Gasteiger partial charge in [-0.3, -0.25) is 0 Å². The number of aryl methyl sites for hydroxylation is 1. The van der Waals surface area contributed by atoms with E-state index in [2.05, 4.69) is 0 Å². The van der Waals surface area contributed by atoms with Crippen LogP contribution in [0.5, 0.6) is 0 Å². The van der Waals surface area contributed by atoms with Gasteiger partial charge in [-0.25, -0.2) is 9.59 Å². The second kappa shape index (κ2) is 6.20. The number of hydrogen-bond acceptors (Lipinski definition) is 2. The lowest BCUT2D eigenvalue weighted by atomic mass is 9.87. The molecular weight excluding hydrogens is 304 g/mol. The summed E-state index contributed by atoms with van der Waals surface area (Å²) in [6, 6.07) is 8.45. The number of hydrogen-bond donors (Lipinski definition) is 2. The molecule has 0 fully saturated rings. The van der Waals surface area contributed by atoms with Crippen molar-refractivity contribution in [3.05, 3.63) is 57.6 Å². The number of benzene rings is 2. The van der Waals surface area contributed by atoms with E-state index in [0.717, 1.165) is 0 Å². The number of rotatable bonds is 4. The van der Waals surface area contributed by atoms with E-state index >= 15 is 0 Å². The lowest BCUT2D eigenvalue weighted by Gasteiger charge is -2.16. The molecule has 0 atom stereocenters. The van der Waals surface area contributed by atoms with Crippen LogP contribution in [0.4, 0.5) is 0 Å². The van der Waals surface area contributed by atoms with Gasteiger partial charge in [0.05, 0.1) is 11.1 Å². The second-order valence-corrected chi connectivity index (χ2v) is 5.38. The Labute approximate surface area is 133 Å². The largest absolute Gasteiger partial charge is 0.478 e. The van der Waals surface area contributed by atoms with Crippen LogP contribution in [0.25, 0.3) is 11.1 Å². The lowest BCUT2D eigenvalue weighted by Crippen LogP contribution is -2.13. The molecule has 0 unspecified atom stereocenters. The number of halogens is 1. The van der Waals surface area contributed by atoms with E-state index in [4.69, 9.17) is 11.6 Å². The van der Waals surface area contributed by atoms with Crippen molar-refractivity contribution in [2.45, 2.75) is 20.3 Å². The average Bonchev–Trinajstić information content (AvgIpc) is 2.45. The molecule has 22 heavy (non-hydrogen) atoms. The van der Waals surface area contributed by atoms with Gasteiger partial charge in [-0.1, -0.05) is 30.7 Å². The van der Waals surface area contributed by atoms with Gasteiger partial charge < -0.3 is 10.2 Å². The molecule has 2 rings (SSSR count). The van der Waals surface area contributed by atoms with E-state index in [1.807, 2.05) is 0 Å². The van der Waals surface area contributed by atoms with Gasteiger partial charge in [0.1, 0.15) is 0 Å². The van der Waals surface area contributed by atoms with Crippen molar-refractivity contribution >= 4 is 23.5 Å². The van der Waals surface area contributed by atoms with Crippen molar-refractivity contribution in [2.24, 2.45) is 0 Å². The van der Waals surface area contributed by atoms with E-state index in [1.54, 1.807) is 44.2 Å². The van der Waals surface area contributed by atoms with Crippen LogP contribution in [0.1, 0.15) is 38.8 Å². The third-order valence-corrected chi connectivity index (χ3v) is 3.78. The number of aromatic carboxylic acids is 2. The predicted octanol–water partition coefficient (Wildman–Crippen LogP) is 4.27. The van der Waals surface area contributed by atoms with Crippen LogP contribution in [0, 0.1) is 6.92 Å². The Balaban J connectivity index is 2.88. The zero-order valence-corrected chi connectivity index (χ0v) is 12.9. The second-order valence-electron chi connectivity index (χ2n) is 4.94. The van der Waals surface area contributed by atoms with E-state index < -0.39 is 11.9 Å². The minimum atomic E-state index is -1.14. The summed E-state index contributed by atoms with van der Waals surface area (Å²) >= 11 is 5.98. The first-order valence-electron chi connectivity index (χ1n) is 6.75. The Morgan fingerprint density at radius 1 is 1.09 bits per heavy atom. The molecule has 2 N–H and O–H groups in total. The fraction of sp³-hybridized carbons (Fsp3) is 0.176. The Morgan fingerprint density at radius 2 is 1.73 bits per heavy atom. The highest BCUT2D eigenvalue weighted by Crippen LogP contribution is 2.32. The standard InChI is InChI=1S/C17H15ClO4/c1-3-12-14(16(19)20)9(2)7-13(15(12)17(21)22)10-5-4-6-11(18)8-10/h4-8H,3H2,1-2H3,(H,19,20)(H,21,22). The quantitative estimate of drug-likeness (QED) is 0.882. The van der Waals surface area contributed by atoms with Crippen LogP contribution < -0.4 is 0 Å². The van der Waals surface area contributed by atoms with Gasteiger partial charge in [0, 0.05) is 5.02 Å². The van der Waals surface area contributed by atoms with Gasteiger partial charge in [0.2, 0.25) is 0 Å². The monoisotopic (exact) mass is 318 g/mol. The molecule has 2 aromatic rings. The lowest BCUT2D eigenvalue weighted by molar-refractivity contribution is 0.0695. The summed E-state index contributed by atoms with van der Waals surface area (Å²) in [6.45, 7) is 3.41. The van der Waals surface area contributed by atoms with Crippen LogP contribution in [-0.2, 0) is 6.42 Å². The van der Waals surface area contributed by atoms with Crippen LogP contribution >= 0.6 is 11.6 Å². The zero-order valence-electron chi connectivity index (χ0n) is 12.2. The Bertz CT molecular complexity index is 765. The van der Waals surface area contributed by atoms with E-state index in [0.29, 0.717) is 33.7 Å². The molecule has 0 heterocycles. The molecule has 2 aromatic carbocycles. The normalized spacial score (nSPS) is 10.5. The highest BCUT2D eigenvalue weighted by atomic mass is 35.5. The molecule has 0 aliphatic heterocycles. The van der Waals surface area contributed by atoms with E-state index in [-0.39, 0.29) is 11.1 Å². The van der Waals surface area contributed by atoms with Crippen molar-refractivity contribution in [2.75, 3.05) is 0 Å². The topological polar surface area (TPSA) is 74.6 Å². The first-order valence-corrected chi connectivity index (χ1v) is 7.13. The fourth-order valence-electron chi connectivity index (χ4n) is 2.67. The average molecular weight is 319 g/mol. The molecule has 0 radical (unpaired) electrons. The molecule has 5 heteroatoms. The minimum absolute atomic E-state index is 0.0211. The summed E-state index contributed by atoms with van der Waals surface area (Å²) < 4.78 is 0. The predicted molar refractivity (Wildman–Crippen MR) is 84.9 cm³/mol. The first-order chi connectivity index (χ1) is 10.4. The molecule has 0 aliphatic rings. The molecule has 0 bridgehead atoms.